The van der Waals surface area contributed by atoms with Gasteiger partial charge in [0.15, 0.2) is 0 Å². The number of halogens is 1. The molecule has 2 aromatic heterocycles. The van der Waals surface area contributed by atoms with E-state index in [0.29, 0.717) is 30.4 Å². The summed E-state index contributed by atoms with van der Waals surface area (Å²) in [6.45, 7) is 2.54. The molecule has 2 heterocycles. The number of carbonyl (C=O) groups is 1. The average molecular weight is 392 g/mol. The number of rotatable bonds is 8. The van der Waals surface area contributed by atoms with Gasteiger partial charge in [0.2, 0.25) is 5.91 Å². The molecule has 6 heteroatoms. The first-order valence-corrected chi connectivity index (χ1v) is 8.74. The van der Waals surface area contributed by atoms with Crippen molar-refractivity contribution in [2.75, 3.05) is 18.6 Å². The maximum atomic E-state index is 12.7. The van der Waals surface area contributed by atoms with Gasteiger partial charge >= 0.3 is 0 Å². The molecular weight excluding hydrogens is 370 g/mol. The van der Waals surface area contributed by atoms with Gasteiger partial charge in [-0.05, 0) is 53.5 Å². The van der Waals surface area contributed by atoms with E-state index in [2.05, 4.69) is 25.9 Å². The van der Waals surface area contributed by atoms with E-state index in [0.717, 1.165) is 11.4 Å². The fraction of sp³-hybridized carbons (Fsp3) is 0.389. The Bertz CT molecular complexity index is 652. The summed E-state index contributed by atoms with van der Waals surface area (Å²) in [4.78, 5) is 23.0. The van der Waals surface area contributed by atoms with Gasteiger partial charge in [-0.2, -0.15) is 0 Å². The highest BCUT2D eigenvalue weighted by Gasteiger charge is 2.17. The van der Waals surface area contributed by atoms with Crippen LogP contribution in [0.5, 0.6) is 0 Å². The molecule has 0 saturated heterocycles. The molecule has 0 fully saturated rings. The number of amides is 1. The summed E-state index contributed by atoms with van der Waals surface area (Å²) < 4.78 is 5.95. The maximum Gasteiger partial charge on any atom is 0.227 e. The van der Waals surface area contributed by atoms with E-state index in [-0.39, 0.29) is 12.0 Å². The summed E-state index contributed by atoms with van der Waals surface area (Å²) in [6, 6.07) is 9.52. The van der Waals surface area contributed by atoms with Gasteiger partial charge in [0, 0.05) is 50.3 Å². The van der Waals surface area contributed by atoms with Crippen molar-refractivity contribution in [1.82, 2.24) is 9.97 Å². The van der Waals surface area contributed by atoms with E-state index >= 15 is 0 Å². The van der Waals surface area contributed by atoms with Gasteiger partial charge in [-0.25, -0.2) is 4.98 Å². The zero-order valence-corrected chi connectivity index (χ0v) is 15.6. The number of carbonyl (C=O) groups excluding carboxylic acids is 1. The summed E-state index contributed by atoms with van der Waals surface area (Å²) in [5.41, 5.74) is 1.80. The Labute approximate surface area is 151 Å². The van der Waals surface area contributed by atoms with Gasteiger partial charge in [-0.3, -0.25) is 9.78 Å². The van der Waals surface area contributed by atoms with E-state index in [1.807, 2.05) is 37.3 Å². The van der Waals surface area contributed by atoms with Crippen molar-refractivity contribution in [1.29, 1.82) is 0 Å². The fourth-order valence-electron chi connectivity index (χ4n) is 2.31. The molecule has 0 N–H and O–H groups in total. The number of aromatic nitrogens is 2. The predicted molar refractivity (Wildman–Crippen MR) is 97.9 cm³/mol. The zero-order valence-electron chi connectivity index (χ0n) is 14.0. The molecule has 24 heavy (non-hydrogen) atoms. The normalized spacial score (nSPS) is 12.0. The van der Waals surface area contributed by atoms with Gasteiger partial charge in [0.05, 0.1) is 6.10 Å². The van der Waals surface area contributed by atoms with Crippen molar-refractivity contribution in [2.45, 2.75) is 32.3 Å². The van der Waals surface area contributed by atoms with E-state index in [1.54, 1.807) is 24.4 Å². The molecule has 0 bridgehead atoms. The van der Waals surface area contributed by atoms with Crippen LogP contribution in [0.15, 0.2) is 47.3 Å². The molecule has 0 aromatic carbocycles. The van der Waals surface area contributed by atoms with E-state index < -0.39 is 0 Å². The quantitative estimate of drug-likeness (QED) is 0.644. The van der Waals surface area contributed by atoms with Crippen LogP contribution in [0.3, 0.4) is 0 Å². The molecule has 128 valence electrons. The highest BCUT2D eigenvalue weighted by Crippen LogP contribution is 2.20. The third-order valence-corrected chi connectivity index (χ3v) is 4.24. The second-order valence-corrected chi connectivity index (χ2v) is 6.35. The maximum absolute atomic E-state index is 12.7. The summed E-state index contributed by atoms with van der Waals surface area (Å²) in [6.07, 6.45) is 5.37. The minimum absolute atomic E-state index is 0.0655. The number of hydrogen-bond acceptors (Lipinski definition) is 4. The number of nitrogens with zero attached hydrogens (tertiary/aromatic N) is 3. The summed E-state index contributed by atoms with van der Waals surface area (Å²) in [5, 5.41) is 0. The first-order valence-electron chi connectivity index (χ1n) is 7.94. The Kier molecular flexibility index (Phi) is 7.34. The van der Waals surface area contributed by atoms with Crippen LogP contribution in [0.1, 0.15) is 25.5 Å². The Balaban J connectivity index is 2.10. The van der Waals surface area contributed by atoms with E-state index in [4.69, 9.17) is 4.74 Å². The van der Waals surface area contributed by atoms with Crippen molar-refractivity contribution in [3.8, 4) is 0 Å². The second kappa shape index (κ2) is 9.49. The predicted octanol–water partition coefficient (Wildman–Crippen LogP) is 3.63. The Morgan fingerprint density at radius 2 is 2.12 bits per heavy atom. The fourth-order valence-corrected chi connectivity index (χ4v) is 2.66. The van der Waals surface area contributed by atoms with Crippen molar-refractivity contribution >= 4 is 27.5 Å². The lowest BCUT2D eigenvalue weighted by Gasteiger charge is -2.23. The van der Waals surface area contributed by atoms with E-state index in [1.165, 1.54) is 0 Å². The average Bonchev–Trinajstić information content (AvgIpc) is 2.60. The van der Waals surface area contributed by atoms with Crippen molar-refractivity contribution < 1.29 is 9.53 Å². The van der Waals surface area contributed by atoms with Crippen LogP contribution < -0.4 is 4.90 Å². The molecule has 0 aliphatic heterocycles. The van der Waals surface area contributed by atoms with Crippen LogP contribution >= 0.6 is 15.9 Å². The molecule has 0 aliphatic carbocycles. The summed E-state index contributed by atoms with van der Waals surface area (Å²) >= 11 is 3.37. The first-order chi connectivity index (χ1) is 11.6. The number of pyridine rings is 2. The Hall–Kier alpha value is -1.79. The molecule has 1 amide bonds. The molecule has 5 nitrogen and oxygen atoms in total. The lowest BCUT2D eigenvalue weighted by atomic mass is 10.1. The molecule has 0 radical (unpaired) electrons. The van der Waals surface area contributed by atoms with Gasteiger partial charge in [0.1, 0.15) is 4.60 Å². The van der Waals surface area contributed by atoms with Crippen molar-refractivity contribution in [3.63, 3.8) is 0 Å². The lowest BCUT2D eigenvalue weighted by molar-refractivity contribution is -0.119. The van der Waals surface area contributed by atoms with Crippen LogP contribution in [0.2, 0.25) is 0 Å². The van der Waals surface area contributed by atoms with Gasteiger partial charge in [-0.1, -0.05) is 6.07 Å². The Morgan fingerprint density at radius 3 is 2.79 bits per heavy atom. The van der Waals surface area contributed by atoms with Gasteiger partial charge < -0.3 is 9.64 Å². The topological polar surface area (TPSA) is 55.3 Å². The first kappa shape index (κ1) is 18.5. The molecule has 1 unspecified atom stereocenters. The van der Waals surface area contributed by atoms with E-state index in [9.17, 15) is 4.79 Å². The third-order valence-electron chi connectivity index (χ3n) is 3.81. The van der Waals surface area contributed by atoms with Gasteiger partial charge in [-0.15, -0.1) is 0 Å². The van der Waals surface area contributed by atoms with Crippen LogP contribution in [-0.4, -0.2) is 35.6 Å². The molecule has 1 atom stereocenters. The molecular formula is C18H22BrN3O2. The standard InChI is InChI=1S/C18H22BrN3O2/c1-14(24-2)6-7-18(23)22(16-8-11-21-17(19)13-16)12-9-15-5-3-4-10-20-15/h3-5,8,10-11,13-14H,6-7,9,12H2,1-2H3. The van der Waals surface area contributed by atoms with Crippen molar-refractivity contribution in [2.24, 2.45) is 0 Å². The monoisotopic (exact) mass is 391 g/mol. The minimum Gasteiger partial charge on any atom is -0.382 e. The lowest BCUT2D eigenvalue weighted by Crippen LogP contribution is -2.33. The largest absolute Gasteiger partial charge is 0.382 e. The van der Waals surface area contributed by atoms with Crippen molar-refractivity contribution in [3.05, 3.63) is 53.0 Å². The van der Waals surface area contributed by atoms with Crippen LogP contribution in [-0.2, 0) is 16.0 Å². The van der Waals surface area contributed by atoms with Crippen LogP contribution in [0, 0.1) is 0 Å². The number of hydrogen-bond donors (Lipinski definition) is 0. The molecule has 0 saturated carbocycles. The minimum atomic E-state index is 0.0655. The van der Waals surface area contributed by atoms with Crippen LogP contribution in [0.4, 0.5) is 5.69 Å². The summed E-state index contributed by atoms with van der Waals surface area (Å²) in [7, 11) is 1.66. The van der Waals surface area contributed by atoms with Crippen LogP contribution in [0.25, 0.3) is 0 Å². The molecule has 2 rings (SSSR count). The number of methoxy groups -OCH3 is 1. The SMILES string of the molecule is COC(C)CCC(=O)N(CCc1ccccn1)c1ccnc(Br)c1. The zero-order chi connectivity index (χ0) is 17.4. The molecule has 0 spiro atoms. The Morgan fingerprint density at radius 1 is 1.29 bits per heavy atom. The highest BCUT2D eigenvalue weighted by atomic mass is 79.9. The highest BCUT2D eigenvalue weighted by molar-refractivity contribution is 9.10. The van der Waals surface area contributed by atoms with Gasteiger partial charge in [0.25, 0.3) is 0 Å². The summed E-state index contributed by atoms with van der Waals surface area (Å²) in [5.74, 6) is 0.0768. The molecule has 2 aromatic rings. The molecule has 0 aliphatic rings. The third kappa shape index (κ3) is 5.69. The number of ether oxygens (including phenoxy) is 1. The smallest absolute Gasteiger partial charge is 0.227 e. The second-order valence-electron chi connectivity index (χ2n) is 5.54. The number of anilines is 1.